The third-order valence-corrected chi connectivity index (χ3v) is 4.67. The third kappa shape index (κ3) is 2.97. The van der Waals surface area contributed by atoms with Gasteiger partial charge in [-0.15, -0.1) is 0 Å². The van der Waals surface area contributed by atoms with Crippen molar-refractivity contribution in [3.05, 3.63) is 63.9 Å². The molecule has 0 heterocycles. The Morgan fingerprint density at radius 1 is 1.19 bits per heavy atom. The highest BCUT2D eigenvalue weighted by Crippen LogP contribution is 2.49. The third-order valence-electron chi connectivity index (χ3n) is 4.08. The Labute approximate surface area is 132 Å². The van der Waals surface area contributed by atoms with Gasteiger partial charge in [-0.1, -0.05) is 30.3 Å². The molecular weight excluding hydrogens is 333 g/mol. The van der Waals surface area contributed by atoms with E-state index in [2.05, 4.69) is 15.9 Å². The SMILES string of the molecule is NCC1(c2cc(F)c(OCc3ccccc3)c(Br)c2)CC1. The molecule has 0 amide bonds. The minimum atomic E-state index is -0.338. The predicted octanol–water partition coefficient (Wildman–Crippen LogP) is 4.16. The molecule has 0 bridgehead atoms. The fourth-order valence-corrected chi connectivity index (χ4v) is 3.05. The van der Waals surface area contributed by atoms with Crippen molar-refractivity contribution in [2.24, 2.45) is 5.73 Å². The highest BCUT2D eigenvalue weighted by Gasteiger charge is 2.43. The molecule has 0 saturated heterocycles. The Hall–Kier alpha value is -1.39. The molecule has 1 aliphatic rings. The predicted molar refractivity (Wildman–Crippen MR) is 84.8 cm³/mol. The summed E-state index contributed by atoms with van der Waals surface area (Å²) in [4.78, 5) is 0. The van der Waals surface area contributed by atoms with Gasteiger partial charge >= 0.3 is 0 Å². The van der Waals surface area contributed by atoms with Gasteiger partial charge in [-0.05, 0) is 52.0 Å². The maximum atomic E-state index is 14.3. The second-order valence-corrected chi connectivity index (χ2v) is 6.38. The molecule has 0 radical (unpaired) electrons. The van der Waals surface area contributed by atoms with Gasteiger partial charge in [-0.3, -0.25) is 0 Å². The van der Waals surface area contributed by atoms with E-state index in [1.165, 1.54) is 0 Å². The van der Waals surface area contributed by atoms with E-state index >= 15 is 0 Å². The molecule has 2 N–H and O–H groups in total. The Kier molecular flexibility index (Phi) is 4.00. The van der Waals surface area contributed by atoms with E-state index in [0.717, 1.165) is 24.0 Å². The van der Waals surface area contributed by atoms with Gasteiger partial charge in [-0.25, -0.2) is 4.39 Å². The van der Waals surface area contributed by atoms with Crippen LogP contribution in [0, 0.1) is 5.82 Å². The van der Waals surface area contributed by atoms with Crippen molar-refractivity contribution in [1.29, 1.82) is 0 Å². The Balaban J connectivity index is 1.80. The first-order chi connectivity index (χ1) is 10.1. The molecule has 0 aromatic heterocycles. The van der Waals surface area contributed by atoms with E-state index in [0.29, 0.717) is 17.6 Å². The second kappa shape index (κ2) is 5.78. The molecule has 2 aromatic rings. The molecule has 4 heteroatoms. The molecule has 2 aromatic carbocycles. The maximum absolute atomic E-state index is 14.3. The topological polar surface area (TPSA) is 35.2 Å². The summed E-state index contributed by atoms with van der Waals surface area (Å²) < 4.78 is 20.6. The van der Waals surface area contributed by atoms with Crippen LogP contribution < -0.4 is 10.5 Å². The van der Waals surface area contributed by atoms with E-state index in [1.54, 1.807) is 6.07 Å². The van der Waals surface area contributed by atoms with Crippen molar-refractivity contribution in [2.75, 3.05) is 6.54 Å². The molecule has 110 valence electrons. The van der Waals surface area contributed by atoms with Gasteiger partial charge in [0.25, 0.3) is 0 Å². The first-order valence-electron chi connectivity index (χ1n) is 7.01. The standard InChI is InChI=1S/C17H17BrFNO/c18-14-8-13(17(11-20)6-7-17)9-15(19)16(14)21-10-12-4-2-1-3-5-12/h1-5,8-9H,6-7,10-11,20H2. The lowest BCUT2D eigenvalue weighted by Crippen LogP contribution is -2.20. The number of nitrogens with two attached hydrogens (primary N) is 1. The summed E-state index contributed by atoms with van der Waals surface area (Å²) in [5.74, 6) is -0.0783. The zero-order chi connectivity index (χ0) is 14.9. The molecule has 0 atom stereocenters. The first-order valence-corrected chi connectivity index (χ1v) is 7.80. The summed E-state index contributed by atoms with van der Waals surface area (Å²) in [6.07, 6.45) is 2.05. The Morgan fingerprint density at radius 3 is 2.48 bits per heavy atom. The highest BCUT2D eigenvalue weighted by molar-refractivity contribution is 9.10. The van der Waals surface area contributed by atoms with Crippen LogP contribution in [0.1, 0.15) is 24.0 Å². The summed E-state index contributed by atoms with van der Waals surface area (Å²) in [7, 11) is 0. The molecule has 1 fully saturated rings. The molecular formula is C17H17BrFNO. The number of rotatable bonds is 5. The van der Waals surface area contributed by atoms with Crippen molar-refractivity contribution in [3.63, 3.8) is 0 Å². The van der Waals surface area contributed by atoms with Crippen molar-refractivity contribution in [1.82, 2.24) is 0 Å². The Morgan fingerprint density at radius 2 is 1.90 bits per heavy atom. The van der Waals surface area contributed by atoms with Gasteiger partial charge in [0.05, 0.1) is 4.47 Å². The zero-order valence-electron chi connectivity index (χ0n) is 11.6. The van der Waals surface area contributed by atoms with Crippen LogP contribution in [0.15, 0.2) is 46.9 Å². The van der Waals surface area contributed by atoms with E-state index < -0.39 is 0 Å². The average Bonchev–Trinajstić information content (AvgIpc) is 3.28. The van der Waals surface area contributed by atoms with Crippen LogP contribution in [-0.4, -0.2) is 6.54 Å². The van der Waals surface area contributed by atoms with Gasteiger partial charge in [-0.2, -0.15) is 0 Å². The zero-order valence-corrected chi connectivity index (χ0v) is 13.2. The van der Waals surface area contributed by atoms with E-state index in [-0.39, 0.29) is 17.0 Å². The van der Waals surface area contributed by atoms with Crippen LogP contribution in [0.2, 0.25) is 0 Å². The minimum absolute atomic E-state index is 0.0265. The monoisotopic (exact) mass is 349 g/mol. The summed E-state index contributed by atoms with van der Waals surface area (Å²) in [6.45, 7) is 0.904. The molecule has 0 aliphatic heterocycles. The number of halogens is 2. The van der Waals surface area contributed by atoms with Gasteiger partial charge in [0.15, 0.2) is 11.6 Å². The van der Waals surface area contributed by atoms with Crippen LogP contribution in [0.4, 0.5) is 4.39 Å². The fraction of sp³-hybridized carbons (Fsp3) is 0.294. The molecule has 1 aliphatic carbocycles. The number of hydrogen-bond donors (Lipinski definition) is 1. The average molecular weight is 350 g/mol. The van der Waals surface area contributed by atoms with Gasteiger partial charge in [0.1, 0.15) is 6.61 Å². The quantitative estimate of drug-likeness (QED) is 0.879. The van der Waals surface area contributed by atoms with Crippen LogP contribution in [0.5, 0.6) is 5.75 Å². The fourth-order valence-electron chi connectivity index (χ4n) is 2.50. The molecule has 21 heavy (non-hydrogen) atoms. The van der Waals surface area contributed by atoms with Crippen molar-refractivity contribution >= 4 is 15.9 Å². The Bertz CT molecular complexity index is 617. The lowest BCUT2D eigenvalue weighted by molar-refractivity contribution is 0.288. The van der Waals surface area contributed by atoms with Crippen molar-refractivity contribution in [2.45, 2.75) is 24.9 Å². The molecule has 2 nitrogen and oxygen atoms in total. The first kappa shape index (κ1) is 14.5. The normalized spacial score (nSPS) is 15.8. The second-order valence-electron chi connectivity index (χ2n) is 5.53. The molecule has 0 spiro atoms. The number of benzene rings is 2. The summed E-state index contributed by atoms with van der Waals surface area (Å²) in [5.41, 5.74) is 7.75. The molecule has 0 unspecified atom stereocenters. The smallest absolute Gasteiger partial charge is 0.169 e. The molecule has 3 rings (SSSR count). The summed E-state index contributed by atoms with van der Waals surface area (Å²) in [5, 5.41) is 0. The van der Waals surface area contributed by atoms with Crippen LogP contribution in [0.25, 0.3) is 0 Å². The van der Waals surface area contributed by atoms with Crippen molar-refractivity contribution < 1.29 is 9.13 Å². The van der Waals surface area contributed by atoms with E-state index in [4.69, 9.17) is 10.5 Å². The summed E-state index contributed by atoms with van der Waals surface area (Å²) in [6, 6.07) is 13.2. The lowest BCUT2D eigenvalue weighted by atomic mass is 9.96. The lowest BCUT2D eigenvalue weighted by Gasteiger charge is -2.16. The van der Waals surface area contributed by atoms with Crippen LogP contribution >= 0.6 is 15.9 Å². The maximum Gasteiger partial charge on any atom is 0.169 e. The largest absolute Gasteiger partial charge is 0.485 e. The van der Waals surface area contributed by atoms with Gasteiger partial charge < -0.3 is 10.5 Å². The van der Waals surface area contributed by atoms with E-state index in [1.807, 2.05) is 36.4 Å². The number of ether oxygens (including phenoxy) is 1. The minimum Gasteiger partial charge on any atom is -0.485 e. The van der Waals surface area contributed by atoms with E-state index in [9.17, 15) is 4.39 Å². The van der Waals surface area contributed by atoms with Crippen LogP contribution in [0.3, 0.4) is 0 Å². The van der Waals surface area contributed by atoms with Gasteiger partial charge in [0.2, 0.25) is 0 Å². The van der Waals surface area contributed by atoms with Crippen molar-refractivity contribution in [3.8, 4) is 5.75 Å². The van der Waals surface area contributed by atoms with Crippen LogP contribution in [-0.2, 0) is 12.0 Å². The summed E-state index contributed by atoms with van der Waals surface area (Å²) >= 11 is 3.42. The highest BCUT2D eigenvalue weighted by atomic mass is 79.9. The molecule has 1 saturated carbocycles. The van der Waals surface area contributed by atoms with Gasteiger partial charge in [0, 0.05) is 12.0 Å². The number of hydrogen-bond acceptors (Lipinski definition) is 2.